The molecular weight excluding hydrogens is 190 g/mol. The lowest BCUT2D eigenvalue weighted by Gasteiger charge is -2.33. The second-order valence-corrected chi connectivity index (χ2v) is 4.95. The second-order valence-electron chi connectivity index (χ2n) is 3.40. The van der Waals surface area contributed by atoms with Gasteiger partial charge in [-0.2, -0.15) is 0 Å². The van der Waals surface area contributed by atoms with Crippen molar-refractivity contribution in [1.29, 1.82) is 0 Å². The van der Waals surface area contributed by atoms with Crippen LogP contribution < -0.4 is 0 Å². The fourth-order valence-corrected chi connectivity index (χ4v) is 2.57. The molecule has 0 unspecified atom stereocenters. The van der Waals surface area contributed by atoms with Crippen LogP contribution in [0.2, 0.25) is 0 Å². The number of hydrogen-bond donors (Lipinski definition) is 1. The maximum atomic E-state index is 10.8. The third-order valence-electron chi connectivity index (χ3n) is 2.28. The van der Waals surface area contributed by atoms with Crippen molar-refractivity contribution < 1.29 is 14.1 Å². The van der Waals surface area contributed by atoms with Crippen LogP contribution in [0.4, 0.5) is 0 Å². The molecule has 76 valence electrons. The van der Waals surface area contributed by atoms with Crippen molar-refractivity contribution >= 4 is 16.8 Å². The van der Waals surface area contributed by atoms with Crippen LogP contribution >= 0.6 is 0 Å². The van der Waals surface area contributed by atoms with Gasteiger partial charge in [0.05, 0.1) is 0 Å². The van der Waals surface area contributed by atoms with E-state index in [2.05, 4.69) is 4.90 Å². The van der Waals surface area contributed by atoms with E-state index in [-0.39, 0.29) is 6.42 Å². The maximum absolute atomic E-state index is 10.8. The van der Waals surface area contributed by atoms with E-state index in [9.17, 15) is 9.00 Å². The van der Waals surface area contributed by atoms with Gasteiger partial charge >= 0.3 is 5.97 Å². The molecular formula is C8H15NO3S. The van der Waals surface area contributed by atoms with Crippen LogP contribution in [0.1, 0.15) is 12.8 Å². The van der Waals surface area contributed by atoms with Crippen LogP contribution in [0.15, 0.2) is 0 Å². The quantitative estimate of drug-likeness (QED) is 0.681. The molecule has 0 aromatic rings. The number of aliphatic carboxylic acids is 1. The standard InChI is InChI=1S/C8H15NO3S/c1-9(4-2-3-8(10)11)7-5-13(12)6-7/h7H,2-6H2,1H3,(H,10,11). The highest BCUT2D eigenvalue weighted by Crippen LogP contribution is 2.12. The fraction of sp³-hybridized carbons (Fsp3) is 0.875. The average molecular weight is 205 g/mol. The zero-order valence-corrected chi connectivity index (χ0v) is 8.55. The van der Waals surface area contributed by atoms with Gasteiger partial charge in [-0.05, 0) is 20.0 Å². The summed E-state index contributed by atoms with van der Waals surface area (Å²) in [6, 6.07) is 0.412. The number of carboxylic acids is 1. The van der Waals surface area contributed by atoms with Crippen molar-refractivity contribution in [3.8, 4) is 0 Å². The van der Waals surface area contributed by atoms with Crippen molar-refractivity contribution in [1.82, 2.24) is 4.90 Å². The Morgan fingerprint density at radius 1 is 1.62 bits per heavy atom. The van der Waals surface area contributed by atoms with Crippen molar-refractivity contribution in [2.75, 3.05) is 25.1 Å². The number of carbonyl (C=O) groups is 1. The first kappa shape index (κ1) is 10.7. The molecule has 1 saturated heterocycles. The first-order chi connectivity index (χ1) is 6.09. The van der Waals surface area contributed by atoms with Crippen molar-refractivity contribution in [3.05, 3.63) is 0 Å². The molecule has 0 radical (unpaired) electrons. The summed E-state index contributed by atoms with van der Waals surface area (Å²) >= 11 is 0. The zero-order chi connectivity index (χ0) is 9.84. The molecule has 1 aliphatic heterocycles. The van der Waals surface area contributed by atoms with Crippen LogP contribution in [-0.4, -0.2) is 51.3 Å². The molecule has 1 fully saturated rings. The molecule has 0 aromatic carbocycles. The summed E-state index contributed by atoms with van der Waals surface area (Å²) < 4.78 is 10.8. The molecule has 4 nitrogen and oxygen atoms in total. The van der Waals surface area contributed by atoms with Gasteiger partial charge in [0, 0.05) is 34.8 Å². The number of nitrogens with zero attached hydrogens (tertiary/aromatic N) is 1. The number of hydrogen-bond acceptors (Lipinski definition) is 3. The van der Waals surface area contributed by atoms with Gasteiger partial charge in [0.15, 0.2) is 0 Å². The summed E-state index contributed by atoms with van der Waals surface area (Å²) in [5.74, 6) is 0.762. The monoisotopic (exact) mass is 205 g/mol. The molecule has 0 spiro atoms. The molecule has 0 amide bonds. The summed E-state index contributed by atoms with van der Waals surface area (Å²) in [5, 5.41) is 8.41. The maximum Gasteiger partial charge on any atom is 0.303 e. The predicted octanol–water partition coefficient (Wildman–Crippen LogP) is -0.0861. The summed E-state index contributed by atoms with van der Waals surface area (Å²) in [6.07, 6.45) is 0.898. The summed E-state index contributed by atoms with van der Waals surface area (Å²) in [7, 11) is 1.35. The topological polar surface area (TPSA) is 57.6 Å². The first-order valence-corrected chi connectivity index (χ1v) is 5.85. The van der Waals surface area contributed by atoms with Crippen molar-refractivity contribution in [2.24, 2.45) is 0 Å². The largest absolute Gasteiger partial charge is 0.481 e. The smallest absolute Gasteiger partial charge is 0.303 e. The Balaban J connectivity index is 2.08. The van der Waals surface area contributed by atoms with Gasteiger partial charge in [-0.15, -0.1) is 0 Å². The van der Waals surface area contributed by atoms with Gasteiger partial charge in [0.2, 0.25) is 0 Å². The van der Waals surface area contributed by atoms with Crippen molar-refractivity contribution in [2.45, 2.75) is 18.9 Å². The highest BCUT2D eigenvalue weighted by Gasteiger charge is 2.28. The van der Waals surface area contributed by atoms with Crippen LogP contribution in [0.5, 0.6) is 0 Å². The van der Waals surface area contributed by atoms with Gasteiger partial charge in [0.25, 0.3) is 0 Å². The normalized spacial score (nSPS) is 27.2. The molecule has 1 rings (SSSR count). The SMILES string of the molecule is CN(CCCC(=O)O)C1CS(=O)C1. The lowest BCUT2D eigenvalue weighted by molar-refractivity contribution is -0.137. The van der Waals surface area contributed by atoms with Crippen LogP contribution in [-0.2, 0) is 15.6 Å². The van der Waals surface area contributed by atoms with Gasteiger partial charge in [-0.1, -0.05) is 0 Å². The van der Waals surface area contributed by atoms with E-state index in [0.717, 1.165) is 18.1 Å². The number of rotatable bonds is 5. The predicted molar refractivity (Wildman–Crippen MR) is 51.2 cm³/mol. The minimum atomic E-state index is -0.745. The molecule has 5 heteroatoms. The second kappa shape index (κ2) is 4.72. The molecule has 1 N–H and O–H groups in total. The lowest BCUT2D eigenvalue weighted by atomic mass is 10.2. The van der Waals surface area contributed by atoms with Crippen LogP contribution in [0, 0.1) is 0 Å². The third kappa shape index (κ3) is 3.44. The lowest BCUT2D eigenvalue weighted by Crippen LogP contribution is -2.49. The Kier molecular flexibility index (Phi) is 3.87. The minimum absolute atomic E-state index is 0.222. The molecule has 0 aromatic heterocycles. The zero-order valence-electron chi connectivity index (χ0n) is 7.73. The molecule has 1 heterocycles. The van der Waals surface area contributed by atoms with Gasteiger partial charge in [-0.25, -0.2) is 0 Å². The Morgan fingerprint density at radius 2 is 2.23 bits per heavy atom. The van der Waals surface area contributed by atoms with E-state index in [1.807, 2.05) is 7.05 Å². The Bertz CT molecular complexity index is 211. The highest BCUT2D eigenvalue weighted by molar-refractivity contribution is 7.86. The van der Waals surface area contributed by atoms with E-state index in [1.165, 1.54) is 0 Å². The highest BCUT2D eigenvalue weighted by atomic mass is 32.2. The van der Waals surface area contributed by atoms with Crippen LogP contribution in [0.3, 0.4) is 0 Å². The van der Waals surface area contributed by atoms with Gasteiger partial charge in [-0.3, -0.25) is 9.00 Å². The van der Waals surface area contributed by atoms with Gasteiger partial charge < -0.3 is 10.0 Å². The average Bonchev–Trinajstić information content (AvgIpc) is 1.97. The van der Waals surface area contributed by atoms with E-state index < -0.39 is 16.8 Å². The van der Waals surface area contributed by atoms with Gasteiger partial charge in [0.1, 0.15) is 0 Å². The molecule has 0 atom stereocenters. The van der Waals surface area contributed by atoms with E-state index in [1.54, 1.807) is 0 Å². The summed E-state index contributed by atoms with van der Waals surface area (Å²) in [4.78, 5) is 12.3. The van der Waals surface area contributed by atoms with E-state index in [4.69, 9.17) is 5.11 Å². The Morgan fingerprint density at radius 3 is 2.69 bits per heavy atom. The molecule has 0 bridgehead atoms. The van der Waals surface area contributed by atoms with E-state index >= 15 is 0 Å². The molecule has 0 saturated carbocycles. The Labute approximate surface area is 80.4 Å². The van der Waals surface area contributed by atoms with Crippen LogP contribution in [0.25, 0.3) is 0 Å². The Hall–Kier alpha value is -0.420. The molecule has 13 heavy (non-hydrogen) atoms. The summed E-state index contributed by atoms with van der Waals surface area (Å²) in [6.45, 7) is 0.786. The van der Waals surface area contributed by atoms with Crippen molar-refractivity contribution in [3.63, 3.8) is 0 Å². The third-order valence-corrected chi connectivity index (χ3v) is 3.79. The fourth-order valence-electron chi connectivity index (χ4n) is 1.30. The summed E-state index contributed by atoms with van der Waals surface area (Å²) in [5.41, 5.74) is 0. The first-order valence-electron chi connectivity index (χ1n) is 4.36. The minimum Gasteiger partial charge on any atom is -0.481 e. The molecule has 0 aliphatic carbocycles. The van der Waals surface area contributed by atoms with E-state index in [0.29, 0.717) is 12.5 Å². The number of carboxylic acid groups (broad SMARTS) is 1. The molecule has 1 aliphatic rings.